The molecule has 0 saturated heterocycles. The largest absolute Gasteiger partial charge is 0.371 e. The smallest absolute Gasteiger partial charge is 0.0992 e. The van der Waals surface area contributed by atoms with Crippen LogP contribution in [0.15, 0.2) is 22.7 Å². The zero-order valence-corrected chi connectivity index (χ0v) is 11.7. The highest BCUT2D eigenvalue weighted by Crippen LogP contribution is 2.29. The summed E-state index contributed by atoms with van der Waals surface area (Å²) in [7, 11) is 2.08. The lowest BCUT2D eigenvalue weighted by atomic mass is 10.0. The molecule has 0 aliphatic heterocycles. The van der Waals surface area contributed by atoms with Crippen LogP contribution in [0.4, 0.5) is 5.69 Å². The molecule has 1 aromatic rings. The Bertz CT molecular complexity index is 407. The summed E-state index contributed by atoms with van der Waals surface area (Å²) in [6.45, 7) is 6.62. The van der Waals surface area contributed by atoms with E-state index in [0.29, 0.717) is 17.5 Å². The molecule has 1 aromatic carbocycles. The van der Waals surface area contributed by atoms with E-state index in [9.17, 15) is 0 Å². The topological polar surface area (TPSA) is 27.0 Å². The van der Waals surface area contributed by atoms with Crippen molar-refractivity contribution in [3.05, 3.63) is 28.2 Å². The summed E-state index contributed by atoms with van der Waals surface area (Å²) < 4.78 is 0.974. The minimum absolute atomic E-state index is 0.462. The van der Waals surface area contributed by atoms with Gasteiger partial charge < -0.3 is 4.90 Å². The predicted molar refractivity (Wildman–Crippen MR) is 71.6 cm³/mol. The number of nitrogens with zero attached hydrogens (tertiary/aromatic N) is 2. The summed E-state index contributed by atoms with van der Waals surface area (Å²) >= 11 is 3.51. The minimum Gasteiger partial charge on any atom is -0.371 e. The number of anilines is 1. The van der Waals surface area contributed by atoms with E-state index in [1.807, 2.05) is 18.2 Å². The lowest BCUT2D eigenvalue weighted by Gasteiger charge is -2.30. The average molecular weight is 281 g/mol. The number of nitriles is 1. The van der Waals surface area contributed by atoms with Gasteiger partial charge in [0.2, 0.25) is 0 Å². The molecule has 0 saturated carbocycles. The Morgan fingerprint density at radius 2 is 1.94 bits per heavy atom. The van der Waals surface area contributed by atoms with Crippen LogP contribution in [0.25, 0.3) is 0 Å². The molecular weight excluding hydrogens is 264 g/mol. The maximum absolute atomic E-state index is 8.80. The van der Waals surface area contributed by atoms with E-state index >= 15 is 0 Å². The molecule has 2 nitrogen and oxygen atoms in total. The highest BCUT2D eigenvalue weighted by Gasteiger charge is 2.15. The third kappa shape index (κ3) is 2.76. The molecule has 0 fully saturated rings. The van der Waals surface area contributed by atoms with Gasteiger partial charge in [0.15, 0.2) is 0 Å². The van der Waals surface area contributed by atoms with Crippen molar-refractivity contribution in [1.29, 1.82) is 5.26 Å². The Morgan fingerprint density at radius 1 is 1.31 bits per heavy atom. The molecule has 0 N–H and O–H groups in total. The minimum atomic E-state index is 0.462. The number of hydrogen-bond acceptors (Lipinski definition) is 2. The van der Waals surface area contributed by atoms with Gasteiger partial charge in [-0.1, -0.05) is 13.8 Å². The van der Waals surface area contributed by atoms with Gasteiger partial charge in [-0.2, -0.15) is 5.26 Å². The van der Waals surface area contributed by atoms with Gasteiger partial charge in [-0.05, 0) is 47.0 Å². The van der Waals surface area contributed by atoms with Gasteiger partial charge in [-0.25, -0.2) is 0 Å². The fourth-order valence-corrected chi connectivity index (χ4v) is 2.19. The SMILES string of the molecule is CC(C)C(C)N(C)c1ccc(C#N)cc1Br. The van der Waals surface area contributed by atoms with Gasteiger partial charge in [0.1, 0.15) is 0 Å². The fraction of sp³-hybridized carbons (Fsp3) is 0.462. The molecule has 0 spiro atoms. The summed E-state index contributed by atoms with van der Waals surface area (Å²) in [6, 6.07) is 8.30. The molecule has 0 heterocycles. The van der Waals surface area contributed by atoms with Gasteiger partial charge >= 0.3 is 0 Å². The van der Waals surface area contributed by atoms with Gasteiger partial charge in [0.05, 0.1) is 17.3 Å². The first-order chi connectivity index (χ1) is 7.47. The molecule has 0 aliphatic carbocycles. The summed E-state index contributed by atoms with van der Waals surface area (Å²) in [5, 5.41) is 8.80. The highest BCUT2D eigenvalue weighted by molar-refractivity contribution is 9.10. The standard InChI is InChI=1S/C13H17BrN2/c1-9(2)10(3)16(4)13-6-5-11(8-15)7-12(13)14/h5-7,9-10H,1-4H3. The van der Waals surface area contributed by atoms with Crippen LogP contribution in [-0.4, -0.2) is 13.1 Å². The first-order valence-electron chi connectivity index (χ1n) is 5.40. The van der Waals surface area contributed by atoms with Crippen LogP contribution in [0, 0.1) is 17.2 Å². The van der Waals surface area contributed by atoms with Crippen molar-refractivity contribution in [2.45, 2.75) is 26.8 Å². The van der Waals surface area contributed by atoms with Gasteiger partial charge in [0, 0.05) is 17.6 Å². The molecular formula is C13H17BrN2. The monoisotopic (exact) mass is 280 g/mol. The van der Waals surface area contributed by atoms with Crippen LogP contribution >= 0.6 is 15.9 Å². The Hall–Kier alpha value is -1.01. The molecule has 0 aliphatic rings. The third-order valence-electron chi connectivity index (χ3n) is 3.03. The van der Waals surface area contributed by atoms with Crippen LogP contribution in [-0.2, 0) is 0 Å². The molecule has 1 rings (SSSR count). The molecule has 0 bridgehead atoms. The molecule has 86 valence electrons. The Morgan fingerprint density at radius 3 is 2.38 bits per heavy atom. The summed E-state index contributed by atoms with van der Waals surface area (Å²) in [4.78, 5) is 2.23. The summed E-state index contributed by atoms with van der Waals surface area (Å²) in [5.74, 6) is 0.590. The maximum Gasteiger partial charge on any atom is 0.0992 e. The second-order valence-electron chi connectivity index (χ2n) is 4.37. The van der Waals surface area contributed by atoms with Crippen LogP contribution in [0.2, 0.25) is 0 Å². The van der Waals surface area contributed by atoms with E-state index in [0.717, 1.165) is 10.2 Å². The zero-order chi connectivity index (χ0) is 12.3. The predicted octanol–water partition coefficient (Wildman–Crippen LogP) is 3.80. The second kappa shape index (κ2) is 5.36. The zero-order valence-electron chi connectivity index (χ0n) is 10.2. The lowest BCUT2D eigenvalue weighted by Crippen LogP contribution is -2.33. The van der Waals surface area contributed by atoms with E-state index in [-0.39, 0.29) is 0 Å². The fourth-order valence-electron chi connectivity index (χ4n) is 1.53. The summed E-state index contributed by atoms with van der Waals surface area (Å²) in [6.07, 6.45) is 0. The first-order valence-corrected chi connectivity index (χ1v) is 6.19. The van der Waals surface area contributed by atoms with Crippen molar-refractivity contribution in [2.24, 2.45) is 5.92 Å². The van der Waals surface area contributed by atoms with Crippen LogP contribution in [0.5, 0.6) is 0 Å². The van der Waals surface area contributed by atoms with Gasteiger partial charge in [0.25, 0.3) is 0 Å². The molecule has 1 atom stereocenters. The van der Waals surface area contributed by atoms with E-state index in [1.54, 1.807) is 0 Å². The molecule has 3 heteroatoms. The quantitative estimate of drug-likeness (QED) is 0.842. The van der Waals surface area contributed by atoms with E-state index in [1.165, 1.54) is 0 Å². The van der Waals surface area contributed by atoms with Crippen LogP contribution < -0.4 is 4.90 Å². The van der Waals surface area contributed by atoms with Crippen molar-refractivity contribution in [3.63, 3.8) is 0 Å². The highest BCUT2D eigenvalue weighted by atomic mass is 79.9. The van der Waals surface area contributed by atoms with E-state index in [2.05, 4.69) is 54.7 Å². The van der Waals surface area contributed by atoms with Crippen molar-refractivity contribution in [2.75, 3.05) is 11.9 Å². The van der Waals surface area contributed by atoms with E-state index < -0.39 is 0 Å². The van der Waals surface area contributed by atoms with Crippen LogP contribution in [0.1, 0.15) is 26.3 Å². The molecule has 0 aromatic heterocycles. The molecule has 16 heavy (non-hydrogen) atoms. The lowest BCUT2D eigenvalue weighted by molar-refractivity contribution is 0.505. The maximum atomic E-state index is 8.80. The van der Waals surface area contributed by atoms with Crippen molar-refractivity contribution < 1.29 is 0 Å². The van der Waals surface area contributed by atoms with Gasteiger partial charge in [-0.15, -0.1) is 0 Å². The Kier molecular flexibility index (Phi) is 4.37. The Balaban J connectivity index is 3.01. The number of rotatable bonds is 3. The van der Waals surface area contributed by atoms with E-state index in [4.69, 9.17) is 5.26 Å². The second-order valence-corrected chi connectivity index (χ2v) is 5.23. The number of halogens is 1. The molecule has 1 unspecified atom stereocenters. The van der Waals surface area contributed by atoms with Gasteiger partial charge in [-0.3, -0.25) is 0 Å². The Labute approximate surface area is 106 Å². The number of hydrogen-bond donors (Lipinski definition) is 0. The normalized spacial score (nSPS) is 12.3. The number of benzene rings is 1. The molecule has 0 amide bonds. The third-order valence-corrected chi connectivity index (χ3v) is 3.67. The van der Waals surface area contributed by atoms with Crippen molar-refractivity contribution in [3.8, 4) is 6.07 Å². The van der Waals surface area contributed by atoms with Crippen molar-refractivity contribution in [1.82, 2.24) is 0 Å². The average Bonchev–Trinajstić information content (AvgIpc) is 2.26. The summed E-state index contributed by atoms with van der Waals surface area (Å²) in [5.41, 5.74) is 1.81. The van der Waals surface area contributed by atoms with Crippen LogP contribution in [0.3, 0.4) is 0 Å². The first kappa shape index (κ1) is 13.1. The van der Waals surface area contributed by atoms with Crippen molar-refractivity contribution >= 4 is 21.6 Å². The molecule has 0 radical (unpaired) electrons.